The first-order valence-electron chi connectivity index (χ1n) is 8.41. The van der Waals surface area contributed by atoms with Crippen molar-refractivity contribution in [3.63, 3.8) is 0 Å². The number of pyridine rings is 1. The first-order chi connectivity index (χ1) is 12.6. The van der Waals surface area contributed by atoms with Crippen molar-refractivity contribution < 1.29 is 4.79 Å². The predicted molar refractivity (Wildman–Crippen MR) is 102 cm³/mol. The number of carbonyl (C=O) groups excluding carboxylic acids is 1. The Morgan fingerprint density at radius 1 is 1.35 bits per heavy atom. The molecule has 26 heavy (non-hydrogen) atoms. The third-order valence-corrected chi connectivity index (χ3v) is 5.11. The molecule has 0 fully saturated rings. The summed E-state index contributed by atoms with van der Waals surface area (Å²) in [4.78, 5) is 37.2. The van der Waals surface area contributed by atoms with Crippen LogP contribution in [0.2, 0.25) is 0 Å². The molecule has 0 aliphatic carbocycles. The number of hydrogen-bond acceptors (Lipinski definition) is 5. The molecule has 2 N–H and O–H groups in total. The Bertz CT molecular complexity index is 936. The molecule has 6 nitrogen and oxygen atoms in total. The molecule has 0 bridgehead atoms. The summed E-state index contributed by atoms with van der Waals surface area (Å²) >= 11 is 1.61. The molecule has 0 aromatic carbocycles. The van der Waals surface area contributed by atoms with Crippen LogP contribution in [0.15, 0.2) is 46.8 Å². The van der Waals surface area contributed by atoms with Gasteiger partial charge in [0.05, 0.1) is 12.5 Å². The highest BCUT2D eigenvalue weighted by Gasteiger charge is 2.17. The third-order valence-electron chi connectivity index (χ3n) is 4.12. The summed E-state index contributed by atoms with van der Waals surface area (Å²) in [7, 11) is 0. The van der Waals surface area contributed by atoms with Gasteiger partial charge in [0.1, 0.15) is 5.82 Å². The maximum atomic E-state index is 12.5. The zero-order valence-electron chi connectivity index (χ0n) is 14.7. The number of rotatable bonds is 6. The lowest BCUT2D eigenvalue weighted by Gasteiger charge is -2.15. The normalized spacial score (nSPS) is 11.9. The minimum absolute atomic E-state index is 0.00333. The topological polar surface area (TPSA) is 87.7 Å². The lowest BCUT2D eigenvalue weighted by Crippen LogP contribution is -2.31. The molecule has 134 valence electrons. The number of thiophene rings is 1. The number of nitrogens with one attached hydrogen (secondary N) is 2. The molecule has 0 spiro atoms. The van der Waals surface area contributed by atoms with Crippen molar-refractivity contribution in [3.05, 3.63) is 68.5 Å². The number of aromatic amines is 1. The molecular weight excluding hydrogens is 348 g/mol. The maximum Gasteiger partial charge on any atom is 0.255 e. The summed E-state index contributed by atoms with van der Waals surface area (Å²) in [6, 6.07) is 7.53. The summed E-state index contributed by atoms with van der Waals surface area (Å²) in [5.74, 6) is 0.268. The average molecular weight is 368 g/mol. The highest BCUT2D eigenvalue weighted by atomic mass is 32.1. The lowest BCUT2D eigenvalue weighted by molar-refractivity contribution is -0.121. The largest absolute Gasteiger partial charge is 0.348 e. The molecular formula is C19H20N4O2S. The monoisotopic (exact) mass is 368 g/mol. The molecule has 0 aliphatic heterocycles. The average Bonchev–Trinajstić information content (AvgIpc) is 3.18. The SMILES string of the molecule is CC[C@@H](NC(=O)Cc1c(C)nc(-c2cccnc2)[nH]c1=O)c1cccs1. The Balaban J connectivity index is 1.77. The van der Waals surface area contributed by atoms with Crippen molar-refractivity contribution in [1.29, 1.82) is 0 Å². The van der Waals surface area contributed by atoms with Gasteiger partial charge in [-0.25, -0.2) is 4.98 Å². The van der Waals surface area contributed by atoms with Crippen molar-refractivity contribution in [1.82, 2.24) is 20.3 Å². The molecule has 3 aromatic rings. The predicted octanol–water partition coefficient (Wildman–Crippen LogP) is 3.01. The van der Waals surface area contributed by atoms with Crippen molar-refractivity contribution in [2.45, 2.75) is 32.7 Å². The highest BCUT2D eigenvalue weighted by molar-refractivity contribution is 7.10. The van der Waals surface area contributed by atoms with Crippen molar-refractivity contribution >= 4 is 17.2 Å². The Kier molecular flexibility index (Phi) is 5.58. The van der Waals surface area contributed by atoms with Crippen LogP contribution in [0.4, 0.5) is 0 Å². The fraction of sp³-hybridized carbons (Fsp3) is 0.263. The third kappa shape index (κ3) is 4.05. The van der Waals surface area contributed by atoms with Gasteiger partial charge in [0.2, 0.25) is 5.91 Å². The van der Waals surface area contributed by atoms with Gasteiger partial charge in [0.15, 0.2) is 0 Å². The van der Waals surface area contributed by atoms with Crippen LogP contribution in [-0.2, 0) is 11.2 Å². The first-order valence-corrected chi connectivity index (χ1v) is 9.29. The fourth-order valence-corrected chi connectivity index (χ4v) is 3.59. The second-order valence-corrected chi connectivity index (χ2v) is 6.92. The van der Waals surface area contributed by atoms with E-state index in [0.717, 1.165) is 16.9 Å². The van der Waals surface area contributed by atoms with Crippen LogP contribution in [0.25, 0.3) is 11.4 Å². The van der Waals surface area contributed by atoms with Crippen molar-refractivity contribution in [2.75, 3.05) is 0 Å². The molecule has 3 rings (SSSR count). The van der Waals surface area contributed by atoms with Crippen LogP contribution < -0.4 is 10.9 Å². The second kappa shape index (κ2) is 8.05. The van der Waals surface area contributed by atoms with Gasteiger partial charge in [-0.1, -0.05) is 13.0 Å². The van der Waals surface area contributed by atoms with E-state index in [2.05, 4.69) is 20.3 Å². The molecule has 3 aromatic heterocycles. The van der Waals surface area contributed by atoms with Gasteiger partial charge < -0.3 is 10.3 Å². The van der Waals surface area contributed by atoms with Crippen LogP contribution in [0.5, 0.6) is 0 Å². The number of nitrogens with zero attached hydrogens (tertiary/aromatic N) is 2. The minimum Gasteiger partial charge on any atom is -0.348 e. The van der Waals surface area contributed by atoms with Crippen LogP contribution in [-0.4, -0.2) is 20.9 Å². The van der Waals surface area contributed by atoms with E-state index in [1.54, 1.807) is 36.7 Å². The van der Waals surface area contributed by atoms with E-state index in [1.165, 1.54) is 0 Å². The highest BCUT2D eigenvalue weighted by Crippen LogP contribution is 2.21. The second-order valence-electron chi connectivity index (χ2n) is 5.94. The van der Waals surface area contributed by atoms with E-state index < -0.39 is 0 Å². The maximum absolute atomic E-state index is 12.5. The van der Waals surface area contributed by atoms with Gasteiger partial charge in [0.25, 0.3) is 5.56 Å². The molecule has 1 amide bonds. The summed E-state index contributed by atoms with van der Waals surface area (Å²) in [6.45, 7) is 3.77. The quantitative estimate of drug-likeness (QED) is 0.700. The minimum atomic E-state index is -0.296. The molecule has 0 saturated carbocycles. The standard InChI is InChI=1S/C19H20N4O2S/c1-3-15(16-7-5-9-26-16)22-17(24)10-14-12(2)21-18(23-19(14)25)13-6-4-8-20-11-13/h4-9,11,15H,3,10H2,1-2H3,(H,22,24)(H,21,23,25)/t15-/m1/s1. The Morgan fingerprint density at radius 3 is 2.81 bits per heavy atom. The number of aromatic nitrogens is 3. The van der Waals surface area contributed by atoms with E-state index in [9.17, 15) is 9.59 Å². The molecule has 0 aliphatic rings. The van der Waals surface area contributed by atoms with Crippen molar-refractivity contribution in [3.8, 4) is 11.4 Å². The number of amides is 1. The van der Waals surface area contributed by atoms with E-state index >= 15 is 0 Å². The molecule has 0 radical (unpaired) electrons. The number of hydrogen-bond donors (Lipinski definition) is 2. The molecule has 3 heterocycles. The number of H-pyrrole nitrogens is 1. The molecule has 1 atom stereocenters. The lowest BCUT2D eigenvalue weighted by atomic mass is 10.1. The smallest absolute Gasteiger partial charge is 0.255 e. The van der Waals surface area contributed by atoms with Gasteiger partial charge in [0, 0.05) is 34.1 Å². The van der Waals surface area contributed by atoms with E-state index in [1.807, 2.05) is 30.5 Å². The fourth-order valence-electron chi connectivity index (χ4n) is 2.73. The van der Waals surface area contributed by atoms with Crippen LogP contribution >= 0.6 is 11.3 Å². The zero-order valence-corrected chi connectivity index (χ0v) is 15.5. The zero-order chi connectivity index (χ0) is 18.5. The summed E-state index contributed by atoms with van der Waals surface area (Å²) in [5.41, 5.74) is 1.37. The van der Waals surface area contributed by atoms with Gasteiger partial charge in [-0.15, -0.1) is 11.3 Å². The Hall–Kier alpha value is -2.80. The summed E-state index contributed by atoms with van der Waals surface area (Å²) in [6.07, 6.45) is 4.09. The molecule has 0 saturated heterocycles. The van der Waals surface area contributed by atoms with Gasteiger partial charge in [-0.3, -0.25) is 14.6 Å². The number of carbonyl (C=O) groups is 1. The first kappa shape index (κ1) is 18.0. The van der Waals surface area contributed by atoms with E-state index in [4.69, 9.17) is 0 Å². The molecule has 0 unspecified atom stereocenters. The van der Waals surface area contributed by atoms with E-state index in [-0.39, 0.29) is 23.9 Å². The number of aryl methyl sites for hydroxylation is 1. The Labute approximate surface area is 155 Å². The summed E-state index contributed by atoms with van der Waals surface area (Å²) < 4.78 is 0. The van der Waals surface area contributed by atoms with Crippen LogP contribution in [0, 0.1) is 6.92 Å². The van der Waals surface area contributed by atoms with Gasteiger partial charge in [-0.2, -0.15) is 0 Å². The Morgan fingerprint density at radius 2 is 2.19 bits per heavy atom. The van der Waals surface area contributed by atoms with E-state index in [0.29, 0.717) is 17.1 Å². The van der Waals surface area contributed by atoms with Crippen molar-refractivity contribution in [2.24, 2.45) is 0 Å². The van der Waals surface area contributed by atoms with Gasteiger partial charge in [-0.05, 0) is 36.9 Å². The van der Waals surface area contributed by atoms with Crippen LogP contribution in [0.1, 0.15) is 35.5 Å². The van der Waals surface area contributed by atoms with Gasteiger partial charge >= 0.3 is 0 Å². The molecule has 7 heteroatoms. The van der Waals surface area contributed by atoms with Crippen LogP contribution in [0.3, 0.4) is 0 Å². The summed E-state index contributed by atoms with van der Waals surface area (Å²) in [5, 5.41) is 4.99.